The van der Waals surface area contributed by atoms with Crippen LogP contribution in [0.4, 0.5) is 17.1 Å². The number of fused-ring (bicyclic) bond motifs is 1. The third-order valence-electron chi connectivity index (χ3n) is 3.35. The molecule has 0 atom stereocenters. The zero-order valence-electron chi connectivity index (χ0n) is 11.6. The lowest BCUT2D eigenvalue weighted by atomic mass is 10.1. The van der Waals surface area contributed by atoms with Crippen molar-refractivity contribution >= 4 is 46.2 Å². The molecule has 0 saturated carbocycles. The molecule has 0 fully saturated rings. The first kappa shape index (κ1) is 15.7. The highest BCUT2D eigenvalue weighted by Gasteiger charge is 2.06. The van der Waals surface area contributed by atoms with Gasteiger partial charge in [-0.05, 0) is 30.3 Å². The Morgan fingerprint density at radius 1 is 0.955 bits per heavy atom. The largest absolute Gasteiger partial charge is 0.478 e. The molecule has 0 aromatic heterocycles. The number of benzene rings is 3. The van der Waals surface area contributed by atoms with Gasteiger partial charge in [-0.15, -0.1) is 12.4 Å². The molecule has 0 radical (unpaired) electrons. The van der Waals surface area contributed by atoms with Crippen molar-refractivity contribution in [3.05, 3.63) is 66.2 Å². The van der Waals surface area contributed by atoms with Crippen molar-refractivity contribution in [3.63, 3.8) is 0 Å². The van der Waals surface area contributed by atoms with Crippen molar-refractivity contribution in [2.75, 3.05) is 11.1 Å². The number of hydrogen-bond donors (Lipinski definition) is 3. The Kier molecular flexibility index (Phi) is 4.53. The Morgan fingerprint density at radius 3 is 2.41 bits per heavy atom. The molecule has 4 nitrogen and oxygen atoms in total. The average molecular weight is 315 g/mol. The van der Waals surface area contributed by atoms with Crippen molar-refractivity contribution in [3.8, 4) is 0 Å². The van der Waals surface area contributed by atoms with E-state index in [1.54, 1.807) is 18.2 Å². The van der Waals surface area contributed by atoms with E-state index in [1.807, 2.05) is 42.5 Å². The number of rotatable bonds is 3. The standard InChI is InChI=1S/C17H14N2O2.ClH/c18-15-8-9-16(14-7-2-1-6-13(14)15)19-12-5-3-4-11(10-12)17(20)21;/h1-10,19H,18H2,(H,20,21);1H. The summed E-state index contributed by atoms with van der Waals surface area (Å²) in [6.07, 6.45) is 0. The van der Waals surface area contributed by atoms with E-state index in [9.17, 15) is 4.79 Å². The molecule has 5 heteroatoms. The number of aromatic carboxylic acids is 1. The number of nitrogens with one attached hydrogen (secondary N) is 1. The maximum atomic E-state index is 11.0. The predicted octanol–water partition coefficient (Wildman–Crippen LogP) is 4.29. The second-order valence-electron chi connectivity index (χ2n) is 4.76. The highest BCUT2D eigenvalue weighted by Crippen LogP contribution is 2.30. The fourth-order valence-electron chi connectivity index (χ4n) is 2.32. The second kappa shape index (κ2) is 6.37. The van der Waals surface area contributed by atoms with Crippen LogP contribution in [0.15, 0.2) is 60.7 Å². The van der Waals surface area contributed by atoms with E-state index in [-0.39, 0.29) is 18.0 Å². The number of nitrogens with two attached hydrogens (primary N) is 1. The van der Waals surface area contributed by atoms with Crippen LogP contribution in [-0.2, 0) is 0 Å². The molecule has 0 amide bonds. The van der Waals surface area contributed by atoms with Crippen molar-refractivity contribution in [1.29, 1.82) is 0 Å². The summed E-state index contributed by atoms with van der Waals surface area (Å²) in [5.74, 6) is -0.944. The number of anilines is 3. The van der Waals surface area contributed by atoms with Gasteiger partial charge in [0.05, 0.1) is 5.56 Å². The quantitative estimate of drug-likeness (QED) is 0.630. The third-order valence-corrected chi connectivity index (χ3v) is 3.35. The fraction of sp³-hybridized carbons (Fsp3) is 0. The van der Waals surface area contributed by atoms with Gasteiger partial charge in [0.2, 0.25) is 0 Å². The zero-order chi connectivity index (χ0) is 14.8. The van der Waals surface area contributed by atoms with Crippen molar-refractivity contribution in [2.45, 2.75) is 0 Å². The predicted molar refractivity (Wildman–Crippen MR) is 92.3 cm³/mol. The summed E-state index contributed by atoms with van der Waals surface area (Å²) in [6.45, 7) is 0. The Morgan fingerprint density at radius 2 is 1.68 bits per heavy atom. The average Bonchev–Trinajstić information content (AvgIpc) is 2.51. The minimum absolute atomic E-state index is 0. The Hall–Kier alpha value is -2.72. The summed E-state index contributed by atoms with van der Waals surface area (Å²) in [6, 6.07) is 18.3. The van der Waals surface area contributed by atoms with E-state index in [1.165, 1.54) is 0 Å². The molecule has 0 aliphatic carbocycles. The summed E-state index contributed by atoms with van der Waals surface area (Å²) in [7, 11) is 0. The molecule has 0 aliphatic rings. The number of carboxylic acid groups (broad SMARTS) is 1. The minimum Gasteiger partial charge on any atom is -0.478 e. The molecule has 3 rings (SSSR count). The molecule has 112 valence electrons. The lowest BCUT2D eigenvalue weighted by Gasteiger charge is -2.12. The smallest absolute Gasteiger partial charge is 0.335 e. The first-order valence-electron chi connectivity index (χ1n) is 6.53. The van der Waals surface area contributed by atoms with Crippen LogP contribution in [0.2, 0.25) is 0 Å². The summed E-state index contributed by atoms with van der Waals surface area (Å²) in [5, 5.41) is 14.3. The van der Waals surface area contributed by atoms with Gasteiger partial charge in [0, 0.05) is 27.8 Å². The fourth-order valence-corrected chi connectivity index (χ4v) is 2.32. The maximum absolute atomic E-state index is 11.0. The van der Waals surface area contributed by atoms with Gasteiger partial charge in [0.1, 0.15) is 0 Å². The normalized spacial score (nSPS) is 10.0. The molecule has 0 heterocycles. The SMILES string of the molecule is Cl.Nc1ccc(Nc2cccc(C(=O)O)c2)c2ccccc12. The van der Waals surface area contributed by atoms with E-state index in [0.717, 1.165) is 27.8 Å². The summed E-state index contributed by atoms with van der Waals surface area (Å²) < 4.78 is 0. The van der Waals surface area contributed by atoms with Gasteiger partial charge in [-0.25, -0.2) is 4.79 Å². The number of nitrogen functional groups attached to an aromatic ring is 1. The van der Waals surface area contributed by atoms with Gasteiger partial charge in [-0.1, -0.05) is 30.3 Å². The molecule has 0 unspecified atom stereocenters. The van der Waals surface area contributed by atoms with Gasteiger partial charge in [0.15, 0.2) is 0 Å². The summed E-state index contributed by atoms with van der Waals surface area (Å²) >= 11 is 0. The molecule has 3 aromatic carbocycles. The van der Waals surface area contributed by atoms with Crippen LogP contribution >= 0.6 is 12.4 Å². The van der Waals surface area contributed by atoms with Gasteiger partial charge in [-0.3, -0.25) is 0 Å². The summed E-state index contributed by atoms with van der Waals surface area (Å²) in [5.41, 5.74) is 8.56. The van der Waals surface area contributed by atoms with Crippen LogP contribution < -0.4 is 11.1 Å². The lowest BCUT2D eigenvalue weighted by Crippen LogP contribution is -1.98. The topological polar surface area (TPSA) is 75.3 Å². The second-order valence-corrected chi connectivity index (χ2v) is 4.76. The highest BCUT2D eigenvalue weighted by atomic mass is 35.5. The molecular weight excluding hydrogens is 300 g/mol. The van der Waals surface area contributed by atoms with Gasteiger partial charge in [0.25, 0.3) is 0 Å². The van der Waals surface area contributed by atoms with Crippen LogP contribution in [0.5, 0.6) is 0 Å². The Labute approximate surface area is 134 Å². The lowest BCUT2D eigenvalue weighted by molar-refractivity contribution is 0.0697. The van der Waals surface area contributed by atoms with E-state index < -0.39 is 5.97 Å². The molecular formula is C17H15ClN2O2. The minimum atomic E-state index is -0.944. The molecule has 0 spiro atoms. The van der Waals surface area contributed by atoms with E-state index >= 15 is 0 Å². The maximum Gasteiger partial charge on any atom is 0.335 e. The number of hydrogen-bond acceptors (Lipinski definition) is 3. The van der Waals surface area contributed by atoms with Crippen LogP contribution in [0.3, 0.4) is 0 Å². The molecule has 0 bridgehead atoms. The van der Waals surface area contributed by atoms with Crippen LogP contribution in [0.1, 0.15) is 10.4 Å². The van der Waals surface area contributed by atoms with Crippen molar-refractivity contribution in [1.82, 2.24) is 0 Å². The van der Waals surface area contributed by atoms with Gasteiger partial charge in [-0.2, -0.15) is 0 Å². The summed E-state index contributed by atoms with van der Waals surface area (Å²) in [4.78, 5) is 11.0. The van der Waals surface area contributed by atoms with Crippen LogP contribution in [0, 0.1) is 0 Å². The molecule has 0 saturated heterocycles. The number of halogens is 1. The van der Waals surface area contributed by atoms with E-state index in [2.05, 4.69) is 5.32 Å². The molecule has 3 aromatic rings. The Balaban J connectivity index is 0.00000176. The molecule has 22 heavy (non-hydrogen) atoms. The first-order chi connectivity index (χ1) is 10.1. The number of carboxylic acids is 1. The first-order valence-corrected chi connectivity index (χ1v) is 6.53. The van der Waals surface area contributed by atoms with Crippen molar-refractivity contribution in [2.24, 2.45) is 0 Å². The van der Waals surface area contributed by atoms with E-state index in [0.29, 0.717) is 0 Å². The Bertz CT molecular complexity index is 834. The zero-order valence-corrected chi connectivity index (χ0v) is 12.4. The monoisotopic (exact) mass is 314 g/mol. The molecule has 0 aliphatic heterocycles. The van der Waals surface area contributed by atoms with E-state index in [4.69, 9.17) is 10.8 Å². The number of carbonyl (C=O) groups is 1. The van der Waals surface area contributed by atoms with Crippen LogP contribution in [0.25, 0.3) is 10.8 Å². The highest BCUT2D eigenvalue weighted by molar-refractivity contribution is 6.02. The van der Waals surface area contributed by atoms with Crippen LogP contribution in [-0.4, -0.2) is 11.1 Å². The van der Waals surface area contributed by atoms with Crippen molar-refractivity contribution < 1.29 is 9.90 Å². The van der Waals surface area contributed by atoms with Gasteiger partial charge < -0.3 is 16.2 Å². The van der Waals surface area contributed by atoms with Gasteiger partial charge >= 0.3 is 5.97 Å². The molecule has 4 N–H and O–H groups in total. The third kappa shape index (κ3) is 2.97.